The van der Waals surface area contributed by atoms with E-state index in [1.807, 2.05) is 6.92 Å². The van der Waals surface area contributed by atoms with Gasteiger partial charge in [-0.1, -0.05) is 17.7 Å². The highest BCUT2D eigenvalue weighted by molar-refractivity contribution is 9.10. The van der Waals surface area contributed by atoms with Crippen LogP contribution < -0.4 is 4.90 Å². The zero-order chi connectivity index (χ0) is 14.7. The number of phenolic OH excluding ortho intramolecular Hbond substituents is 1. The molecule has 5 heteroatoms. The van der Waals surface area contributed by atoms with E-state index < -0.39 is 0 Å². The molecule has 0 aliphatic heterocycles. The van der Waals surface area contributed by atoms with Gasteiger partial charge in [0.25, 0.3) is 5.91 Å². The number of carbonyl (C=O) groups excluding carboxylic acids is 1. The third-order valence-electron chi connectivity index (χ3n) is 2.86. The van der Waals surface area contributed by atoms with Crippen molar-refractivity contribution < 1.29 is 9.90 Å². The first-order valence-electron chi connectivity index (χ1n) is 6.09. The first-order chi connectivity index (χ1) is 9.52. The van der Waals surface area contributed by atoms with Crippen LogP contribution in [0.15, 0.2) is 46.9 Å². The molecular formula is C15H13BrClNO2. The summed E-state index contributed by atoms with van der Waals surface area (Å²) < 4.78 is 0.686. The maximum Gasteiger partial charge on any atom is 0.259 e. The maximum atomic E-state index is 12.6. The highest BCUT2D eigenvalue weighted by Gasteiger charge is 2.19. The van der Waals surface area contributed by atoms with Gasteiger partial charge in [-0.3, -0.25) is 4.79 Å². The van der Waals surface area contributed by atoms with E-state index in [-0.39, 0.29) is 11.7 Å². The SMILES string of the molecule is CCN(C(=O)c1cc(Cl)ccc1Br)c1cccc(O)c1. The molecule has 2 aromatic rings. The van der Waals surface area contributed by atoms with E-state index in [9.17, 15) is 9.90 Å². The fraction of sp³-hybridized carbons (Fsp3) is 0.133. The highest BCUT2D eigenvalue weighted by Crippen LogP contribution is 2.26. The van der Waals surface area contributed by atoms with E-state index in [1.54, 1.807) is 47.4 Å². The molecule has 0 saturated heterocycles. The van der Waals surface area contributed by atoms with Crippen LogP contribution in [0, 0.1) is 0 Å². The van der Waals surface area contributed by atoms with E-state index in [0.717, 1.165) is 0 Å². The van der Waals surface area contributed by atoms with Gasteiger partial charge < -0.3 is 10.0 Å². The quantitative estimate of drug-likeness (QED) is 0.883. The van der Waals surface area contributed by atoms with Crippen molar-refractivity contribution in [3.05, 3.63) is 57.5 Å². The number of hydrogen-bond acceptors (Lipinski definition) is 2. The molecule has 104 valence electrons. The minimum atomic E-state index is -0.174. The van der Waals surface area contributed by atoms with Gasteiger partial charge in [-0.25, -0.2) is 0 Å². The third-order valence-corrected chi connectivity index (χ3v) is 3.79. The fourth-order valence-electron chi connectivity index (χ4n) is 1.91. The van der Waals surface area contributed by atoms with Crippen molar-refractivity contribution in [3.8, 4) is 5.75 Å². The van der Waals surface area contributed by atoms with Gasteiger partial charge >= 0.3 is 0 Å². The van der Waals surface area contributed by atoms with Crippen molar-refractivity contribution in [1.82, 2.24) is 0 Å². The van der Waals surface area contributed by atoms with Crippen LogP contribution in [-0.4, -0.2) is 17.6 Å². The molecule has 20 heavy (non-hydrogen) atoms. The lowest BCUT2D eigenvalue weighted by Gasteiger charge is -2.22. The van der Waals surface area contributed by atoms with Crippen LogP contribution >= 0.6 is 27.5 Å². The van der Waals surface area contributed by atoms with Crippen LogP contribution in [0.1, 0.15) is 17.3 Å². The van der Waals surface area contributed by atoms with Crippen LogP contribution in [0.4, 0.5) is 5.69 Å². The standard InChI is InChI=1S/C15H13BrClNO2/c1-2-18(11-4-3-5-12(19)9-11)15(20)13-8-10(17)6-7-14(13)16/h3-9,19H,2H2,1H3. The lowest BCUT2D eigenvalue weighted by Crippen LogP contribution is -2.30. The zero-order valence-corrected chi connectivity index (χ0v) is 13.1. The molecule has 0 aromatic heterocycles. The minimum Gasteiger partial charge on any atom is -0.508 e. The zero-order valence-electron chi connectivity index (χ0n) is 10.8. The summed E-state index contributed by atoms with van der Waals surface area (Å²) in [6, 6.07) is 11.7. The van der Waals surface area contributed by atoms with E-state index in [0.29, 0.717) is 27.3 Å². The Hall–Kier alpha value is -1.52. The number of phenols is 1. The molecule has 2 rings (SSSR count). The minimum absolute atomic E-state index is 0.124. The normalized spacial score (nSPS) is 10.3. The number of benzene rings is 2. The maximum absolute atomic E-state index is 12.6. The Morgan fingerprint density at radius 3 is 2.70 bits per heavy atom. The summed E-state index contributed by atoms with van der Waals surface area (Å²) in [5, 5.41) is 10.0. The lowest BCUT2D eigenvalue weighted by molar-refractivity contribution is 0.0987. The summed E-state index contributed by atoms with van der Waals surface area (Å²) >= 11 is 9.31. The van der Waals surface area contributed by atoms with Crippen molar-refractivity contribution in [3.63, 3.8) is 0 Å². The van der Waals surface area contributed by atoms with E-state index in [4.69, 9.17) is 11.6 Å². The second-order valence-electron chi connectivity index (χ2n) is 4.19. The summed E-state index contributed by atoms with van der Waals surface area (Å²) in [7, 11) is 0. The number of amides is 1. The van der Waals surface area contributed by atoms with Gasteiger partial charge in [-0.2, -0.15) is 0 Å². The molecule has 1 N–H and O–H groups in total. The number of nitrogens with zero attached hydrogens (tertiary/aromatic N) is 1. The Bertz CT molecular complexity index is 646. The van der Waals surface area contributed by atoms with Gasteiger partial charge in [-0.15, -0.1) is 0 Å². The van der Waals surface area contributed by atoms with Gasteiger partial charge in [0.1, 0.15) is 5.75 Å². The number of rotatable bonds is 3. The fourth-order valence-corrected chi connectivity index (χ4v) is 2.50. The molecule has 0 aliphatic rings. The number of aromatic hydroxyl groups is 1. The molecule has 0 bridgehead atoms. The monoisotopic (exact) mass is 353 g/mol. The van der Waals surface area contributed by atoms with Crippen LogP contribution in [0.25, 0.3) is 0 Å². The van der Waals surface area contributed by atoms with Gasteiger partial charge in [-0.05, 0) is 53.2 Å². The Kier molecular flexibility index (Phi) is 4.68. The van der Waals surface area contributed by atoms with Gasteiger partial charge in [0.2, 0.25) is 0 Å². The van der Waals surface area contributed by atoms with Crippen molar-refractivity contribution in [1.29, 1.82) is 0 Å². The summed E-state index contributed by atoms with van der Waals surface area (Å²) in [5.74, 6) is -0.0496. The number of anilines is 1. The first-order valence-corrected chi connectivity index (χ1v) is 7.26. The average molecular weight is 355 g/mol. The Morgan fingerprint density at radius 1 is 1.30 bits per heavy atom. The molecule has 0 heterocycles. The molecule has 0 aliphatic carbocycles. The third kappa shape index (κ3) is 3.14. The second-order valence-corrected chi connectivity index (χ2v) is 5.48. The van der Waals surface area contributed by atoms with Crippen molar-refractivity contribution in [2.45, 2.75) is 6.92 Å². The topological polar surface area (TPSA) is 40.5 Å². The van der Waals surface area contributed by atoms with E-state index in [2.05, 4.69) is 15.9 Å². The molecule has 2 aromatic carbocycles. The summed E-state index contributed by atoms with van der Waals surface area (Å²) in [6.45, 7) is 2.36. The Morgan fingerprint density at radius 2 is 2.05 bits per heavy atom. The molecule has 0 atom stereocenters. The number of carbonyl (C=O) groups is 1. The van der Waals surface area contributed by atoms with Crippen LogP contribution in [-0.2, 0) is 0 Å². The van der Waals surface area contributed by atoms with Gasteiger partial charge in [0.15, 0.2) is 0 Å². The predicted octanol–water partition coefficient (Wildman–Crippen LogP) is 4.47. The number of halogens is 2. The average Bonchev–Trinajstić information content (AvgIpc) is 2.42. The second kappa shape index (κ2) is 6.29. The molecule has 0 unspecified atom stereocenters. The van der Waals surface area contributed by atoms with Crippen molar-refractivity contribution >= 4 is 39.1 Å². The van der Waals surface area contributed by atoms with Crippen LogP contribution in [0.2, 0.25) is 5.02 Å². The van der Waals surface area contributed by atoms with Gasteiger partial charge in [0, 0.05) is 27.8 Å². The van der Waals surface area contributed by atoms with E-state index in [1.165, 1.54) is 0 Å². The summed E-state index contributed by atoms with van der Waals surface area (Å²) in [4.78, 5) is 14.2. The van der Waals surface area contributed by atoms with Crippen LogP contribution in [0.5, 0.6) is 5.75 Å². The molecule has 0 radical (unpaired) electrons. The van der Waals surface area contributed by atoms with Crippen molar-refractivity contribution in [2.24, 2.45) is 0 Å². The Balaban J connectivity index is 2.41. The molecular weight excluding hydrogens is 342 g/mol. The van der Waals surface area contributed by atoms with Crippen LogP contribution in [0.3, 0.4) is 0 Å². The smallest absolute Gasteiger partial charge is 0.259 e. The largest absolute Gasteiger partial charge is 0.508 e. The van der Waals surface area contributed by atoms with E-state index >= 15 is 0 Å². The first kappa shape index (κ1) is 14.9. The molecule has 0 saturated carbocycles. The number of hydrogen-bond donors (Lipinski definition) is 1. The van der Waals surface area contributed by atoms with Crippen molar-refractivity contribution in [2.75, 3.05) is 11.4 Å². The summed E-state index contributed by atoms with van der Waals surface area (Å²) in [6.07, 6.45) is 0. The molecule has 0 spiro atoms. The molecule has 1 amide bonds. The summed E-state index contributed by atoms with van der Waals surface area (Å²) in [5.41, 5.74) is 1.13. The molecule has 3 nitrogen and oxygen atoms in total. The predicted molar refractivity (Wildman–Crippen MR) is 84.6 cm³/mol. The highest BCUT2D eigenvalue weighted by atomic mass is 79.9. The van der Waals surface area contributed by atoms with Gasteiger partial charge in [0.05, 0.1) is 5.56 Å². The lowest BCUT2D eigenvalue weighted by atomic mass is 10.1. The molecule has 0 fully saturated rings. The Labute approximate surface area is 130 Å².